The SMILES string of the molecule is COc1ccccc1C1=C[C@H]2CC[C@H]1C[C@]2(O)CCN(C)CCCc1nc2ccccc2[nH]1. The fourth-order valence-electron chi connectivity index (χ4n) is 5.80. The lowest BCUT2D eigenvalue weighted by Crippen LogP contribution is -2.48. The van der Waals surface area contributed by atoms with Gasteiger partial charge in [-0.1, -0.05) is 36.4 Å². The van der Waals surface area contributed by atoms with Gasteiger partial charge < -0.3 is 19.7 Å². The molecule has 174 valence electrons. The number of fused-ring (bicyclic) bond motifs is 3. The van der Waals surface area contributed by atoms with Crippen LogP contribution in [0.1, 0.15) is 43.5 Å². The molecule has 3 aliphatic rings. The molecule has 0 radical (unpaired) electrons. The van der Waals surface area contributed by atoms with Gasteiger partial charge in [-0.25, -0.2) is 4.98 Å². The number of H-pyrrole nitrogens is 1. The molecule has 3 aromatic rings. The number of benzene rings is 2. The molecule has 2 N–H and O–H groups in total. The Morgan fingerprint density at radius 1 is 1.12 bits per heavy atom. The summed E-state index contributed by atoms with van der Waals surface area (Å²) in [5.41, 5.74) is 4.11. The van der Waals surface area contributed by atoms with Crippen LogP contribution in [0.5, 0.6) is 5.75 Å². The van der Waals surface area contributed by atoms with Gasteiger partial charge in [-0.05, 0) is 75.4 Å². The van der Waals surface area contributed by atoms with Crippen LogP contribution in [0.3, 0.4) is 0 Å². The van der Waals surface area contributed by atoms with Crippen molar-refractivity contribution >= 4 is 16.6 Å². The molecule has 33 heavy (non-hydrogen) atoms. The number of aliphatic hydroxyl groups is 1. The van der Waals surface area contributed by atoms with Gasteiger partial charge in [-0.15, -0.1) is 0 Å². The zero-order valence-electron chi connectivity index (χ0n) is 19.8. The lowest BCUT2D eigenvalue weighted by atomic mass is 9.61. The van der Waals surface area contributed by atoms with Gasteiger partial charge >= 0.3 is 0 Å². The molecule has 6 rings (SSSR count). The summed E-state index contributed by atoms with van der Waals surface area (Å²) < 4.78 is 5.61. The van der Waals surface area contributed by atoms with E-state index in [-0.39, 0.29) is 5.92 Å². The molecule has 3 aliphatic carbocycles. The van der Waals surface area contributed by atoms with Crippen LogP contribution in [0, 0.1) is 11.8 Å². The molecule has 3 atom stereocenters. The first-order chi connectivity index (χ1) is 16.1. The Bertz CT molecular complexity index is 1100. The van der Waals surface area contributed by atoms with Crippen molar-refractivity contribution in [3.63, 3.8) is 0 Å². The van der Waals surface area contributed by atoms with Crippen molar-refractivity contribution in [3.8, 4) is 5.75 Å². The Kier molecular flexibility index (Phi) is 6.26. The van der Waals surface area contributed by atoms with Crippen molar-refractivity contribution in [2.24, 2.45) is 11.8 Å². The smallest absolute Gasteiger partial charge is 0.126 e. The van der Waals surface area contributed by atoms with Crippen molar-refractivity contribution in [2.45, 2.75) is 44.1 Å². The number of rotatable bonds is 9. The third-order valence-corrected chi connectivity index (χ3v) is 7.67. The molecular formula is C28H35N3O2. The highest BCUT2D eigenvalue weighted by atomic mass is 16.5. The number of aryl methyl sites for hydroxylation is 1. The van der Waals surface area contributed by atoms with Gasteiger partial charge in [0.05, 0.1) is 23.7 Å². The zero-order chi connectivity index (χ0) is 22.8. The van der Waals surface area contributed by atoms with Gasteiger partial charge in [0.1, 0.15) is 11.6 Å². The van der Waals surface area contributed by atoms with E-state index in [9.17, 15) is 5.11 Å². The molecule has 2 bridgehead atoms. The number of nitrogens with zero attached hydrogens (tertiary/aromatic N) is 2. The maximum absolute atomic E-state index is 11.6. The summed E-state index contributed by atoms with van der Waals surface area (Å²) in [5, 5.41) is 11.6. The fraction of sp³-hybridized carbons (Fsp3) is 0.464. The number of ether oxygens (including phenoxy) is 1. The number of para-hydroxylation sites is 3. The largest absolute Gasteiger partial charge is 0.496 e. The van der Waals surface area contributed by atoms with Gasteiger partial charge in [-0.3, -0.25) is 0 Å². The van der Waals surface area contributed by atoms with Crippen molar-refractivity contribution in [1.29, 1.82) is 0 Å². The Morgan fingerprint density at radius 3 is 2.73 bits per heavy atom. The van der Waals surface area contributed by atoms with Crippen molar-refractivity contribution in [3.05, 3.63) is 66.0 Å². The molecule has 1 aromatic heterocycles. The molecule has 5 nitrogen and oxygen atoms in total. The summed E-state index contributed by atoms with van der Waals surface area (Å²) in [6, 6.07) is 16.5. The second-order valence-electron chi connectivity index (χ2n) is 9.87. The van der Waals surface area contributed by atoms with E-state index in [0.29, 0.717) is 5.92 Å². The Morgan fingerprint density at radius 2 is 1.94 bits per heavy atom. The molecule has 2 aromatic carbocycles. The monoisotopic (exact) mass is 445 g/mol. The fourth-order valence-corrected chi connectivity index (χ4v) is 5.80. The van der Waals surface area contributed by atoms with Crippen LogP contribution in [-0.2, 0) is 6.42 Å². The van der Waals surface area contributed by atoms with E-state index in [0.717, 1.165) is 74.2 Å². The molecule has 0 saturated heterocycles. The van der Waals surface area contributed by atoms with E-state index in [1.165, 1.54) is 11.1 Å². The number of hydrogen-bond acceptors (Lipinski definition) is 4. The molecule has 1 heterocycles. The minimum atomic E-state index is -0.596. The summed E-state index contributed by atoms with van der Waals surface area (Å²) in [6.07, 6.45) is 8.26. The maximum atomic E-state index is 11.6. The molecule has 5 heteroatoms. The van der Waals surface area contributed by atoms with E-state index >= 15 is 0 Å². The number of aromatic amines is 1. The molecule has 0 unspecified atom stereocenters. The molecular weight excluding hydrogens is 410 g/mol. The highest BCUT2D eigenvalue weighted by molar-refractivity contribution is 5.75. The highest BCUT2D eigenvalue weighted by Crippen LogP contribution is 2.52. The summed E-state index contributed by atoms with van der Waals surface area (Å²) in [5.74, 6) is 2.63. The van der Waals surface area contributed by atoms with Gasteiger partial charge in [0.25, 0.3) is 0 Å². The van der Waals surface area contributed by atoms with Crippen LogP contribution < -0.4 is 4.74 Å². The number of hydrogen-bond donors (Lipinski definition) is 2. The second kappa shape index (κ2) is 9.32. The first-order valence-electron chi connectivity index (χ1n) is 12.3. The van der Waals surface area contributed by atoms with E-state index in [4.69, 9.17) is 4.74 Å². The van der Waals surface area contributed by atoms with Crippen LogP contribution >= 0.6 is 0 Å². The number of imidazole rings is 1. The third-order valence-electron chi connectivity index (χ3n) is 7.67. The number of methoxy groups -OCH3 is 1. The van der Waals surface area contributed by atoms with Crippen LogP contribution in [0.25, 0.3) is 16.6 Å². The predicted octanol–water partition coefficient (Wildman–Crippen LogP) is 5.07. The second-order valence-corrected chi connectivity index (χ2v) is 9.87. The topological polar surface area (TPSA) is 61.4 Å². The van der Waals surface area contributed by atoms with E-state index in [2.05, 4.69) is 46.2 Å². The van der Waals surface area contributed by atoms with E-state index in [1.54, 1.807) is 7.11 Å². The molecule has 0 amide bonds. The lowest BCUT2D eigenvalue weighted by molar-refractivity contribution is -0.0574. The average Bonchev–Trinajstić information content (AvgIpc) is 3.26. The Hall–Kier alpha value is -2.63. The van der Waals surface area contributed by atoms with Crippen LogP contribution in [0.4, 0.5) is 0 Å². The predicted molar refractivity (Wildman–Crippen MR) is 133 cm³/mol. The molecule has 0 spiro atoms. The first-order valence-corrected chi connectivity index (χ1v) is 12.3. The van der Waals surface area contributed by atoms with Crippen LogP contribution in [0.15, 0.2) is 54.6 Å². The minimum absolute atomic E-state index is 0.228. The van der Waals surface area contributed by atoms with Crippen molar-refractivity contribution < 1.29 is 9.84 Å². The molecule has 1 saturated carbocycles. The standard InChI is InChI=1S/C28H35N3O2/c1-31(16-7-12-27-29-24-9-4-5-10-25(24)30-27)17-15-28(32)19-20-13-14-21(28)18-23(20)22-8-3-6-11-26(22)33-2/h3-6,8-11,18,20-21,32H,7,12-17,19H2,1-2H3,(H,29,30)/t20-,21+,28+/m0/s1. The maximum Gasteiger partial charge on any atom is 0.126 e. The Labute approximate surface area is 196 Å². The summed E-state index contributed by atoms with van der Waals surface area (Å²) in [7, 11) is 3.90. The number of allylic oxidation sites excluding steroid dienone is 1. The quantitative estimate of drug-likeness (QED) is 0.483. The van der Waals surface area contributed by atoms with Crippen LogP contribution in [-0.4, -0.2) is 52.8 Å². The van der Waals surface area contributed by atoms with E-state index in [1.807, 2.05) is 30.3 Å². The van der Waals surface area contributed by atoms with Crippen molar-refractivity contribution in [1.82, 2.24) is 14.9 Å². The van der Waals surface area contributed by atoms with Gasteiger partial charge in [0.15, 0.2) is 0 Å². The lowest BCUT2D eigenvalue weighted by Gasteiger charge is -2.48. The van der Waals surface area contributed by atoms with Gasteiger partial charge in [0, 0.05) is 24.4 Å². The molecule has 1 fully saturated rings. The van der Waals surface area contributed by atoms with Crippen molar-refractivity contribution in [2.75, 3.05) is 27.2 Å². The Balaban J connectivity index is 1.16. The minimum Gasteiger partial charge on any atom is -0.496 e. The normalized spacial score (nSPS) is 24.4. The first kappa shape index (κ1) is 22.2. The number of nitrogens with one attached hydrogen (secondary N) is 1. The highest BCUT2D eigenvalue weighted by Gasteiger charge is 2.46. The summed E-state index contributed by atoms with van der Waals surface area (Å²) >= 11 is 0. The summed E-state index contributed by atoms with van der Waals surface area (Å²) in [6.45, 7) is 1.92. The molecule has 0 aliphatic heterocycles. The van der Waals surface area contributed by atoms with E-state index < -0.39 is 5.60 Å². The average molecular weight is 446 g/mol. The third kappa shape index (κ3) is 4.57. The zero-order valence-corrected chi connectivity index (χ0v) is 19.8. The van der Waals surface area contributed by atoms with Crippen LogP contribution in [0.2, 0.25) is 0 Å². The summed E-state index contributed by atoms with van der Waals surface area (Å²) in [4.78, 5) is 10.5. The van der Waals surface area contributed by atoms with Gasteiger partial charge in [0.2, 0.25) is 0 Å². The van der Waals surface area contributed by atoms with Gasteiger partial charge in [-0.2, -0.15) is 0 Å². The number of aromatic nitrogens is 2.